The van der Waals surface area contributed by atoms with E-state index in [2.05, 4.69) is 24.4 Å². The molecule has 3 aromatic rings. The average molecular weight is 338 g/mol. The molecule has 2 heterocycles. The summed E-state index contributed by atoms with van der Waals surface area (Å²) < 4.78 is 0.584. The second-order valence-electron chi connectivity index (χ2n) is 5.43. The fourth-order valence-corrected chi connectivity index (χ4v) is 3.33. The lowest BCUT2D eigenvalue weighted by atomic mass is 10.0. The molecule has 0 saturated carbocycles. The van der Waals surface area contributed by atoms with E-state index in [0.29, 0.717) is 4.73 Å². The van der Waals surface area contributed by atoms with Gasteiger partial charge >= 0.3 is 5.91 Å². The maximum atomic E-state index is 12.5. The van der Waals surface area contributed by atoms with Crippen LogP contribution >= 0.6 is 11.3 Å². The number of rotatable bonds is 5. The highest BCUT2D eigenvalue weighted by Gasteiger charge is 2.22. The van der Waals surface area contributed by atoms with Gasteiger partial charge in [0.1, 0.15) is 0 Å². The molecule has 5 heteroatoms. The van der Waals surface area contributed by atoms with Crippen LogP contribution in [0.1, 0.15) is 39.5 Å². The second-order valence-corrected chi connectivity index (χ2v) is 6.41. The normalized spacial score (nSPS) is 11.9. The summed E-state index contributed by atoms with van der Waals surface area (Å²) in [7, 11) is 0. The van der Waals surface area contributed by atoms with Crippen LogP contribution in [0.15, 0.2) is 66.2 Å². The van der Waals surface area contributed by atoms with Crippen molar-refractivity contribution >= 4 is 17.2 Å². The first-order chi connectivity index (χ1) is 11.7. The van der Waals surface area contributed by atoms with Crippen molar-refractivity contribution in [2.24, 2.45) is 0 Å². The lowest BCUT2D eigenvalue weighted by Crippen LogP contribution is -2.40. The molecule has 1 unspecified atom stereocenters. The molecule has 0 aliphatic rings. The standard InChI is InChI=1S/C19H18N2O2S/c1-2-14-8-10-15(11-9-14)18(17-7-5-13-24-17)20-19(22)16-6-3-4-12-21(16)23/h3-13,18H,2H2,1H3,(H,20,22). The Bertz CT molecular complexity index is 814. The van der Waals surface area contributed by atoms with Gasteiger partial charge in [0.2, 0.25) is 0 Å². The summed E-state index contributed by atoms with van der Waals surface area (Å²) in [4.78, 5) is 13.6. The number of benzene rings is 1. The molecule has 0 spiro atoms. The van der Waals surface area contributed by atoms with E-state index in [1.165, 1.54) is 17.8 Å². The van der Waals surface area contributed by atoms with Crippen molar-refractivity contribution in [2.45, 2.75) is 19.4 Å². The van der Waals surface area contributed by atoms with Gasteiger partial charge in [0, 0.05) is 17.0 Å². The van der Waals surface area contributed by atoms with E-state index in [1.54, 1.807) is 23.5 Å². The van der Waals surface area contributed by atoms with Crippen LogP contribution in [-0.2, 0) is 6.42 Å². The van der Waals surface area contributed by atoms with Crippen LogP contribution in [0, 0.1) is 5.21 Å². The minimum Gasteiger partial charge on any atom is -0.618 e. The Kier molecular flexibility index (Phi) is 4.91. The minimum atomic E-state index is -0.386. The molecule has 0 aliphatic carbocycles. The van der Waals surface area contributed by atoms with Crippen molar-refractivity contribution < 1.29 is 9.52 Å². The third-order valence-electron chi connectivity index (χ3n) is 3.88. The molecule has 0 saturated heterocycles. The van der Waals surface area contributed by atoms with E-state index < -0.39 is 0 Å². The van der Waals surface area contributed by atoms with Crippen LogP contribution < -0.4 is 10.0 Å². The van der Waals surface area contributed by atoms with E-state index in [0.717, 1.165) is 16.9 Å². The first-order valence-electron chi connectivity index (χ1n) is 7.80. The van der Waals surface area contributed by atoms with E-state index >= 15 is 0 Å². The highest BCUT2D eigenvalue weighted by atomic mass is 32.1. The molecule has 1 amide bonds. The number of carbonyl (C=O) groups is 1. The zero-order chi connectivity index (χ0) is 16.9. The van der Waals surface area contributed by atoms with Gasteiger partial charge in [0.25, 0.3) is 5.69 Å². The Morgan fingerprint density at radius 2 is 1.96 bits per heavy atom. The minimum absolute atomic E-state index is 0.0873. The van der Waals surface area contributed by atoms with Crippen molar-refractivity contribution in [3.8, 4) is 0 Å². The van der Waals surface area contributed by atoms with E-state index in [-0.39, 0.29) is 17.6 Å². The number of thiophene rings is 1. The average Bonchev–Trinajstić information content (AvgIpc) is 3.14. The van der Waals surface area contributed by atoms with Crippen molar-refractivity contribution in [2.75, 3.05) is 0 Å². The zero-order valence-corrected chi connectivity index (χ0v) is 14.1. The molecule has 3 rings (SSSR count). The summed E-state index contributed by atoms with van der Waals surface area (Å²) in [6, 6.07) is 16.7. The molecule has 122 valence electrons. The van der Waals surface area contributed by atoms with E-state index in [9.17, 15) is 10.0 Å². The quantitative estimate of drug-likeness (QED) is 0.572. The second kappa shape index (κ2) is 7.27. The predicted molar refractivity (Wildman–Crippen MR) is 94.9 cm³/mol. The van der Waals surface area contributed by atoms with Crippen molar-refractivity contribution in [1.29, 1.82) is 0 Å². The van der Waals surface area contributed by atoms with E-state index in [4.69, 9.17) is 0 Å². The molecule has 0 radical (unpaired) electrons. The van der Waals surface area contributed by atoms with Gasteiger partial charge in [-0.3, -0.25) is 4.79 Å². The third kappa shape index (κ3) is 3.46. The Morgan fingerprint density at radius 3 is 2.58 bits per heavy atom. The molecule has 0 fully saturated rings. The summed E-state index contributed by atoms with van der Waals surface area (Å²) >= 11 is 1.58. The molecule has 4 nitrogen and oxygen atoms in total. The van der Waals surface area contributed by atoms with Crippen LogP contribution in [0.2, 0.25) is 0 Å². The molecular weight excluding hydrogens is 320 g/mol. The molecular formula is C19H18N2O2S. The molecule has 2 aromatic heterocycles. The Labute approximate surface area is 145 Å². The first kappa shape index (κ1) is 16.2. The zero-order valence-electron chi connectivity index (χ0n) is 13.3. The number of hydrogen-bond donors (Lipinski definition) is 1. The van der Waals surface area contributed by atoms with Gasteiger partial charge in [-0.25, -0.2) is 0 Å². The number of hydrogen-bond acceptors (Lipinski definition) is 3. The van der Waals surface area contributed by atoms with Gasteiger partial charge in [0.15, 0.2) is 6.20 Å². The SMILES string of the molecule is CCc1ccc(C(NC(=O)c2cccc[n+]2[O-])c2cccs2)cc1. The van der Waals surface area contributed by atoms with Crippen LogP contribution in [0.4, 0.5) is 0 Å². The highest BCUT2D eigenvalue weighted by Crippen LogP contribution is 2.26. The number of pyridine rings is 1. The number of aryl methyl sites for hydroxylation is 1. The molecule has 0 aliphatic heterocycles. The topological polar surface area (TPSA) is 56.0 Å². The largest absolute Gasteiger partial charge is 0.618 e. The Hall–Kier alpha value is -2.66. The number of nitrogens with zero attached hydrogens (tertiary/aromatic N) is 1. The van der Waals surface area contributed by atoms with Crippen molar-refractivity contribution in [3.63, 3.8) is 0 Å². The number of nitrogens with one attached hydrogen (secondary N) is 1. The molecule has 1 N–H and O–H groups in total. The van der Waals surface area contributed by atoms with Gasteiger partial charge < -0.3 is 10.5 Å². The number of aromatic nitrogens is 1. The Balaban J connectivity index is 1.91. The molecule has 1 atom stereocenters. The van der Waals surface area contributed by atoms with E-state index in [1.807, 2.05) is 29.6 Å². The number of carbonyl (C=O) groups excluding carboxylic acids is 1. The van der Waals surface area contributed by atoms with Crippen molar-refractivity contribution in [1.82, 2.24) is 5.32 Å². The summed E-state index contributed by atoms with van der Waals surface area (Å²) in [5.74, 6) is -0.386. The van der Waals surface area contributed by atoms with Crippen molar-refractivity contribution in [3.05, 3.63) is 93.1 Å². The third-order valence-corrected chi connectivity index (χ3v) is 4.82. The smallest absolute Gasteiger partial charge is 0.318 e. The molecule has 0 bridgehead atoms. The summed E-state index contributed by atoms with van der Waals surface area (Å²) in [6.45, 7) is 2.11. The van der Waals surface area contributed by atoms with Crippen LogP contribution in [0.5, 0.6) is 0 Å². The van der Waals surface area contributed by atoms with Gasteiger partial charge in [-0.05, 0) is 35.1 Å². The maximum Gasteiger partial charge on any atom is 0.318 e. The fraction of sp³-hybridized carbons (Fsp3) is 0.158. The molecule has 1 aromatic carbocycles. The first-order valence-corrected chi connectivity index (χ1v) is 8.68. The van der Waals surface area contributed by atoms with Crippen LogP contribution in [0.3, 0.4) is 0 Å². The van der Waals surface area contributed by atoms with Gasteiger partial charge in [-0.2, -0.15) is 4.73 Å². The summed E-state index contributed by atoms with van der Waals surface area (Å²) in [5, 5.41) is 16.8. The van der Waals surface area contributed by atoms with Gasteiger partial charge in [-0.15, -0.1) is 11.3 Å². The monoisotopic (exact) mass is 338 g/mol. The lowest BCUT2D eigenvalue weighted by Gasteiger charge is -2.18. The van der Waals surface area contributed by atoms with Gasteiger partial charge in [0.05, 0.1) is 6.04 Å². The van der Waals surface area contributed by atoms with Crippen LogP contribution in [0.25, 0.3) is 0 Å². The molecule has 24 heavy (non-hydrogen) atoms. The fourth-order valence-electron chi connectivity index (χ4n) is 2.53. The predicted octanol–water partition coefficient (Wildman–Crippen LogP) is 3.46. The summed E-state index contributed by atoms with van der Waals surface area (Å²) in [5.41, 5.74) is 2.33. The Morgan fingerprint density at radius 1 is 1.17 bits per heavy atom. The maximum absolute atomic E-state index is 12.5. The van der Waals surface area contributed by atoms with Crippen LogP contribution in [-0.4, -0.2) is 5.91 Å². The summed E-state index contributed by atoms with van der Waals surface area (Å²) in [6.07, 6.45) is 2.29. The number of amides is 1. The highest BCUT2D eigenvalue weighted by molar-refractivity contribution is 7.10. The van der Waals surface area contributed by atoms with Gasteiger partial charge in [-0.1, -0.05) is 37.3 Å². The lowest BCUT2D eigenvalue weighted by molar-refractivity contribution is -0.607.